The van der Waals surface area contributed by atoms with E-state index in [0.29, 0.717) is 6.54 Å². The van der Waals surface area contributed by atoms with Crippen molar-refractivity contribution in [2.75, 3.05) is 25.7 Å². The third-order valence-corrected chi connectivity index (χ3v) is 2.78. The van der Waals surface area contributed by atoms with E-state index < -0.39 is 12.0 Å². The Morgan fingerprint density at radius 3 is 2.50 bits per heavy atom. The van der Waals surface area contributed by atoms with Crippen molar-refractivity contribution in [1.82, 2.24) is 10.6 Å². The van der Waals surface area contributed by atoms with E-state index in [1.54, 1.807) is 11.8 Å². The van der Waals surface area contributed by atoms with Crippen molar-refractivity contribution < 1.29 is 14.3 Å². The second kappa shape index (κ2) is 8.41. The number of ether oxygens (including phenoxy) is 1. The summed E-state index contributed by atoms with van der Waals surface area (Å²) >= 11 is 1.72. The molecular formula is C10H20N2O3S. The van der Waals surface area contributed by atoms with E-state index in [0.717, 1.165) is 5.75 Å². The third-order valence-electron chi connectivity index (χ3n) is 1.95. The topological polar surface area (TPSA) is 67.4 Å². The van der Waals surface area contributed by atoms with Gasteiger partial charge in [-0.25, -0.2) is 4.79 Å². The van der Waals surface area contributed by atoms with Crippen molar-refractivity contribution in [1.29, 1.82) is 0 Å². The number of esters is 1. The van der Waals surface area contributed by atoms with Crippen molar-refractivity contribution in [2.24, 2.45) is 0 Å². The number of hydrogen-bond acceptors (Lipinski definition) is 5. The minimum atomic E-state index is -0.619. The van der Waals surface area contributed by atoms with E-state index in [-0.39, 0.29) is 11.9 Å². The zero-order valence-corrected chi connectivity index (χ0v) is 11.0. The van der Waals surface area contributed by atoms with Crippen molar-refractivity contribution in [2.45, 2.75) is 25.9 Å². The molecule has 16 heavy (non-hydrogen) atoms. The summed E-state index contributed by atoms with van der Waals surface area (Å²) in [5, 5.41) is 5.71. The van der Waals surface area contributed by atoms with Gasteiger partial charge in [-0.15, -0.1) is 0 Å². The van der Waals surface area contributed by atoms with Gasteiger partial charge in [0.05, 0.1) is 7.11 Å². The summed E-state index contributed by atoms with van der Waals surface area (Å²) in [6.45, 7) is 3.79. The van der Waals surface area contributed by atoms with Crippen LogP contribution in [0.15, 0.2) is 0 Å². The predicted molar refractivity (Wildman–Crippen MR) is 65.5 cm³/mol. The second-order valence-corrected chi connectivity index (χ2v) is 4.45. The summed E-state index contributed by atoms with van der Waals surface area (Å²) in [5.41, 5.74) is 0. The number of methoxy groups -OCH3 is 1. The molecule has 5 nitrogen and oxygen atoms in total. The molecule has 0 saturated carbocycles. The molecule has 2 unspecified atom stereocenters. The van der Waals surface area contributed by atoms with Gasteiger partial charge in [0.1, 0.15) is 6.04 Å². The van der Waals surface area contributed by atoms with Gasteiger partial charge in [-0.05, 0) is 13.2 Å². The van der Waals surface area contributed by atoms with Gasteiger partial charge in [0.15, 0.2) is 0 Å². The molecule has 0 aliphatic carbocycles. The number of carbonyl (C=O) groups excluding carboxylic acids is 2. The lowest BCUT2D eigenvalue weighted by molar-refractivity contribution is -0.144. The molecule has 0 aromatic carbocycles. The molecule has 0 aliphatic heterocycles. The van der Waals surface area contributed by atoms with Crippen LogP contribution in [0, 0.1) is 0 Å². The van der Waals surface area contributed by atoms with Crippen LogP contribution in [0.1, 0.15) is 13.8 Å². The quantitative estimate of drug-likeness (QED) is 0.621. The van der Waals surface area contributed by atoms with Crippen LogP contribution in [0.4, 0.5) is 0 Å². The van der Waals surface area contributed by atoms with E-state index >= 15 is 0 Å². The van der Waals surface area contributed by atoms with E-state index in [4.69, 9.17) is 0 Å². The Bertz CT molecular complexity index is 236. The lowest BCUT2D eigenvalue weighted by Crippen LogP contribution is -2.49. The maximum absolute atomic E-state index is 11.3. The van der Waals surface area contributed by atoms with Crippen LogP contribution in [-0.2, 0) is 14.3 Å². The van der Waals surface area contributed by atoms with Crippen molar-refractivity contribution in [3.63, 3.8) is 0 Å². The first-order chi connectivity index (χ1) is 7.51. The molecule has 0 saturated heterocycles. The first kappa shape index (κ1) is 15.2. The molecule has 94 valence electrons. The van der Waals surface area contributed by atoms with Crippen LogP contribution in [0.5, 0.6) is 0 Å². The fourth-order valence-corrected chi connectivity index (χ4v) is 1.83. The normalized spacial score (nSPS) is 14.0. The zero-order valence-electron chi connectivity index (χ0n) is 10.2. The van der Waals surface area contributed by atoms with Crippen LogP contribution in [0.2, 0.25) is 0 Å². The van der Waals surface area contributed by atoms with E-state index in [1.165, 1.54) is 14.0 Å². The molecule has 0 aliphatic rings. The minimum absolute atomic E-state index is 0.241. The zero-order chi connectivity index (χ0) is 12.6. The average Bonchev–Trinajstić information content (AvgIpc) is 2.23. The molecule has 2 atom stereocenters. The maximum atomic E-state index is 11.3. The number of rotatable bonds is 7. The molecule has 0 aromatic heterocycles. The van der Waals surface area contributed by atoms with Gasteiger partial charge in [-0.2, -0.15) is 11.8 Å². The van der Waals surface area contributed by atoms with Crippen molar-refractivity contribution in [3.05, 3.63) is 0 Å². The fourth-order valence-electron chi connectivity index (χ4n) is 1.21. The van der Waals surface area contributed by atoms with Crippen LogP contribution in [-0.4, -0.2) is 49.6 Å². The van der Waals surface area contributed by atoms with E-state index in [2.05, 4.69) is 15.4 Å². The Morgan fingerprint density at radius 1 is 1.44 bits per heavy atom. The molecular weight excluding hydrogens is 228 g/mol. The average molecular weight is 248 g/mol. The summed E-state index contributed by atoms with van der Waals surface area (Å²) in [6.07, 6.45) is 2.02. The monoisotopic (exact) mass is 248 g/mol. The summed E-state index contributed by atoms with van der Waals surface area (Å²) in [4.78, 5) is 22.2. The highest BCUT2D eigenvalue weighted by molar-refractivity contribution is 7.98. The number of amides is 1. The summed E-state index contributed by atoms with van der Waals surface area (Å²) < 4.78 is 4.61. The Morgan fingerprint density at radius 2 is 2.06 bits per heavy atom. The summed E-state index contributed by atoms with van der Waals surface area (Å²) in [5.74, 6) is 0.280. The highest BCUT2D eigenvalue weighted by atomic mass is 32.2. The Balaban J connectivity index is 4.10. The van der Waals surface area contributed by atoms with Crippen LogP contribution in [0.3, 0.4) is 0 Å². The molecule has 0 spiro atoms. The number of carbonyl (C=O) groups is 2. The first-order valence-electron chi connectivity index (χ1n) is 5.08. The Hall–Kier alpha value is -0.750. The van der Waals surface area contributed by atoms with Gasteiger partial charge in [-0.1, -0.05) is 0 Å². The lowest BCUT2D eigenvalue weighted by Gasteiger charge is -2.19. The maximum Gasteiger partial charge on any atom is 0.329 e. The first-order valence-corrected chi connectivity index (χ1v) is 6.47. The Kier molecular flexibility index (Phi) is 8.01. The molecule has 0 aromatic rings. The van der Waals surface area contributed by atoms with Gasteiger partial charge in [0.25, 0.3) is 0 Å². The van der Waals surface area contributed by atoms with Crippen LogP contribution < -0.4 is 10.6 Å². The standard InChI is InChI=1S/C10H20N2O3S/c1-7(6-16-4)11-5-9(10(14)15-3)12-8(2)13/h7,9,11H,5-6H2,1-4H3,(H,12,13). The minimum Gasteiger partial charge on any atom is -0.467 e. The van der Waals surface area contributed by atoms with Gasteiger partial charge in [0, 0.05) is 25.3 Å². The number of nitrogens with one attached hydrogen (secondary N) is 2. The molecule has 0 radical (unpaired) electrons. The van der Waals surface area contributed by atoms with Gasteiger partial charge < -0.3 is 15.4 Å². The lowest BCUT2D eigenvalue weighted by atomic mass is 10.2. The molecule has 0 rings (SSSR count). The molecule has 6 heteroatoms. The Labute approximate surface area is 101 Å². The highest BCUT2D eigenvalue weighted by Gasteiger charge is 2.20. The van der Waals surface area contributed by atoms with Gasteiger partial charge in [0.2, 0.25) is 5.91 Å². The van der Waals surface area contributed by atoms with E-state index in [1.807, 2.05) is 13.2 Å². The van der Waals surface area contributed by atoms with Crippen molar-refractivity contribution >= 4 is 23.6 Å². The number of thioether (sulfide) groups is 1. The van der Waals surface area contributed by atoms with Gasteiger partial charge in [-0.3, -0.25) is 4.79 Å². The molecule has 0 bridgehead atoms. The molecule has 2 N–H and O–H groups in total. The van der Waals surface area contributed by atoms with Crippen LogP contribution >= 0.6 is 11.8 Å². The van der Waals surface area contributed by atoms with Crippen LogP contribution in [0.25, 0.3) is 0 Å². The molecule has 1 amide bonds. The number of hydrogen-bond donors (Lipinski definition) is 2. The molecule has 0 fully saturated rings. The highest BCUT2D eigenvalue weighted by Crippen LogP contribution is 1.96. The fraction of sp³-hybridized carbons (Fsp3) is 0.800. The van der Waals surface area contributed by atoms with Gasteiger partial charge >= 0.3 is 5.97 Å². The SMILES string of the molecule is COC(=O)C(CNC(C)CSC)NC(C)=O. The summed E-state index contributed by atoms with van der Waals surface area (Å²) in [6, 6.07) is -0.331. The second-order valence-electron chi connectivity index (χ2n) is 3.54. The smallest absolute Gasteiger partial charge is 0.329 e. The third kappa shape index (κ3) is 6.68. The van der Waals surface area contributed by atoms with Crippen molar-refractivity contribution in [3.8, 4) is 0 Å². The molecule has 0 heterocycles. The predicted octanol–water partition coefficient (Wildman–Crippen LogP) is 0.00520. The largest absolute Gasteiger partial charge is 0.467 e. The van der Waals surface area contributed by atoms with E-state index in [9.17, 15) is 9.59 Å². The summed E-state index contributed by atoms with van der Waals surface area (Å²) in [7, 11) is 1.31.